The maximum atomic E-state index is 5.49. The van der Waals surface area contributed by atoms with Crippen molar-refractivity contribution < 1.29 is 4.74 Å². The van der Waals surface area contributed by atoms with Gasteiger partial charge in [-0.3, -0.25) is 0 Å². The number of benzene rings is 1. The highest BCUT2D eigenvalue weighted by atomic mass is 32.1. The van der Waals surface area contributed by atoms with Crippen LogP contribution in [0.3, 0.4) is 0 Å². The van der Waals surface area contributed by atoms with Gasteiger partial charge in [-0.25, -0.2) is 0 Å². The van der Waals surface area contributed by atoms with Crippen LogP contribution in [0, 0.1) is 16.6 Å². The first-order valence-electron chi connectivity index (χ1n) is 6.96. The maximum absolute atomic E-state index is 5.49. The summed E-state index contributed by atoms with van der Waals surface area (Å²) in [5, 5.41) is 0. The van der Waals surface area contributed by atoms with E-state index < -0.39 is 0 Å². The van der Waals surface area contributed by atoms with E-state index in [2.05, 4.69) is 22.5 Å². The van der Waals surface area contributed by atoms with E-state index in [-0.39, 0.29) is 0 Å². The van der Waals surface area contributed by atoms with Crippen LogP contribution in [0.4, 0.5) is 0 Å². The van der Waals surface area contributed by atoms with Gasteiger partial charge in [-0.15, -0.1) is 0 Å². The zero-order chi connectivity index (χ0) is 13.4. The lowest BCUT2D eigenvalue weighted by molar-refractivity contribution is 0.366. The number of nitrogens with one attached hydrogen (secondary N) is 1. The Kier molecular flexibility index (Phi) is 3.35. The molecule has 1 aliphatic carbocycles. The minimum Gasteiger partial charge on any atom is -0.494 e. The van der Waals surface area contributed by atoms with Crippen LogP contribution in [0.1, 0.15) is 26.2 Å². The predicted molar refractivity (Wildman–Crippen MR) is 80.2 cm³/mol. The summed E-state index contributed by atoms with van der Waals surface area (Å²) in [5.74, 6) is 2.41. The number of H-pyrrole nitrogens is 1. The first kappa shape index (κ1) is 12.7. The number of aromatic nitrogens is 2. The van der Waals surface area contributed by atoms with E-state index in [1.807, 2.05) is 12.1 Å². The fourth-order valence-corrected chi connectivity index (χ4v) is 3.51. The number of hydrogen-bond donors (Lipinski definition) is 1. The largest absolute Gasteiger partial charge is 0.494 e. The van der Waals surface area contributed by atoms with Gasteiger partial charge >= 0.3 is 0 Å². The molecule has 0 aliphatic heterocycles. The number of aromatic amines is 1. The average Bonchev–Trinajstić information content (AvgIpc) is 2.95. The zero-order valence-electron chi connectivity index (χ0n) is 11.5. The highest BCUT2D eigenvalue weighted by Crippen LogP contribution is 2.34. The number of para-hydroxylation sites is 1. The molecule has 1 aromatic carbocycles. The van der Waals surface area contributed by atoms with Gasteiger partial charge in [-0.05, 0) is 42.6 Å². The van der Waals surface area contributed by atoms with Gasteiger partial charge in [0.25, 0.3) is 0 Å². The van der Waals surface area contributed by atoms with Crippen LogP contribution in [0.2, 0.25) is 0 Å². The molecule has 1 saturated carbocycles. The average molecular weight is 276 g/mol. The summed E-state index contributed by atoms with van der Waals surface area (Å²) >= 11 is 5.49. The standard InChI is InChI=1S/C15H20N2OS/c1-10-5-3-6-11(10)9-17-12-7-4-8-13(18-2)14(12)16-15(17)19/h4,7-8,10-11H,3,5-6,9H2,1-2H3,(H,16,19). The monoisotopic (exact) mass is 276 g/mol. The minimum absolute atomic E-state index is 0.747. The molecule has 2 aromatic rings. The number of imidazole rings is 1. The van der Waals surface area contributed by atoms with Crippen molar-refractivity contribution in [1.29, 1.82) is 0 Å². The highest BCUT2D eigenvalue weighted by molar-refractivity contribution is 7.71. The Morgan fingerprint density at radius 2 is 2.26 bits per heavy atom. The zero-order valence-corrected chi connectivity index (χ0v) is 12.3. The Balaban J connectivity index is 2.03. The van der Waals surface area contributed by atoms with Crippen molar-refractivity contribution in [1.82, 2.24) is 9.55 Å². The van der Waals surface area contributed by atoms with Crippen molar-refractivity contribution in [2.75, 3.05) is 7.11 Å². The lowest BCUT2D eigenvalue weighted by Crippen LogP contribution is -2.13. The summed E-state index contributed by atoms with van der Waals surface area (Å²) in [5.41, 5.74) is 2.17. The van der Waals surface area contributed by atoms with E-state index in [1.54, 1.807) is 7.11 Å². The van der Waals surface area contributed by atoms with Gasteiger partial charge in [0.1, 0.15) is 11.3 Å². The molecule has 0 radical (unpaired) electrons. The number of hydrogen-bond acceptors (Lipinski definition) is 2. The van der Waals surface area contributed by atoms with Crippen LogP contribution in [-0.4, -0.2) is 16.7 Å². The molecule has 0 bridgehead atoms. The van der Waals surface area contributed by atoms with Gasteiger partial charge in [-0.1, -0.05) is 25.8 Å². The van der Waals surface area contributed by atoms with Crippen LogP contribution in [0.25, 0.3) is 11.0 Å². The Morgan fingerprint density at radius 3 is 2.95 bits per heavy atom. The lowest BCUT2D eigenvalue weighted by Gasteiger charge is -2.16. The van der Waals surface area contributed by atoms with Crippen LogP contribution < -0.4 is 4.74 Å². The predicted octanol–water partition coefficient (Wildman–Crippen LogP) is 4.14. The quantitative estimate of drug-likeness (QED) is 0.854. The Hall–Kier alpha value is -1.29. The number of methoxy groups -OCH3 is 1. The van der Waals surface area contributed by atoms with E-state index >= 15 is 0 Å². The fourth-order valence-electron chi connectivity index (χ4n) is 3.23. The number of nitrogens with zero attached hydrogens (tertiary/aromatic N) is 1. The number of rotatable bonds is 3. The van der Waals surface area contributed by atoms with Crippen LogP contribution in [0.5, 0.6) is 5.75 Å². The molecule has 4 heteroatoms. The summed E-state index contributed by atoms with van der Waals surface area (Å²) in [4.78, 5) is 3.29. The summed E-state index contributed by atoms with van der Waals surface area (Å²) in [6, 6.07) is 6.11. The van der Waals surface area contributed by atoms with E-state index in [9.17, 15) is 0 Å². The van der Waals surface area contributed by atoms with Gasteiger partial charge in [0, 0.05) is 6.54 Å². The second-order valence-corrected chi connectivity index (χ2v) is 5.95. The Bertz CT molecular complexity index is 643. The SMILES string of the molecule is COc1cccc2c1[nH]c(=S)n2CC1CCCC1C. The number of ether oxygens (including phenoxy) is 1. The molecule has 2 atom stereocenters. The normalized spacial score (nSPS) is 23.1. The highest BCUT2D eigenvalue weighted by Gasteiger charge is 2.24. The van der Waals surface area contributed by atoms with Crippen molar-refractivity contribution in [2.45, 2.75) is 32.7 Å². The van der Waals surface area contributed by atoms with Gasteiger partial charge < -0.3 is 14.3 Å². The van der Waals surface area contributed by atoms with Crippen molar-refractivity contribution in [3.63, 3.8) is 0 Å². The van der Waals surface area contributed by atoms with Gasteiger partial charge in [-0.2, -0.15) is 0 Å². The van der Waals surface area contributed by atoms with E-state index in [0.29, 0.717) is 0 Å². The van der Waals surface area contributed by atoms with Gasteiger partial charge in [0.2, 0.25) is 0 Å². The third-order valence-corrected chi connectivity index (χ3v) is 4.77. The molecule has 1 fully saturated rings. The van der Waals surface area contributed by atoms with Gasteiger partial charge in [0.05, 0.1) is 12.6 Å². The molecule has 0 spiro atoms. The molecule has 1 aliphatic rings. The van der Waals surface area contributed by atoms with Crippen molar-refractivity contribution >= 4 is 23.3 Å². The smallest absolute Gasteiger partial charge is 0.178 e. The molecule has 0 saturated heterocycles. The number of fused-ring (bicyclic) bond motifs is 1. The molecular formula is C15H20N2OS. The second kappa shape index (κ2) is 5.00. The molecule has 1 aromatic heterocycles. The topological polar surface area (TPSA) is 29.9 Å². The summed E-state index contributed by atoms with van der Waals surface area (Å²) in [7, 11) is 1.70. The molecule has 3 nitrogen and oxygen atoms in total. The first-order chi connectivity index (χ1) is 9.20. The van der Waals surface area contributed by atoms with Gasteiger partial charge in [0.15, 0.2) is 4.77 Å². The first-order valence-corrected chi connectivity index (χ1v) is 7.37. The van der Waals surface area contributed by atoms with Crippen LogP contribution in [-0.2, 0) is 6.54 Å². The molecule has 1 heterocycles. The molecule has 3 rings (SSSR count). The van der Waals surface area contributed by atoms with E-state index in [4.69, 9.17) is 17.0 Å². The molecule has 19 heavy (non-hydrogen) atoms. The van der Waals surface area contributed by atoms with Crippen molar-refractivity contribution in [3.8, 4) is 5.75 Å². The van der Waals surface area contributed by atoms with Crippen molar-refractivity contribution in [2.24, 2.45) is 11.8 Å². The Labute approximate surface area is 118 Å². The third-order valence-electron chi connectivity index (χ3n) is 4.45. The third kappa shape index (κ3) is 2.18. The van der Waals surface area contributed by atoms with E-state index in [0.717, 1.165) is 39.9 Å². The van der Waals surface area contributed by atoms with Crippen LogP contribution >= 0.6 is 12.2 Å². The molecule has 1 N–H and O–H groups in total. The second-order valence-electron chi connectivity index (χ2n) is 5.56. The molecule has 0 amide bonds. The van der Waals surface area contributed by atoms with Crippen LogP contribution in [0.15, 0.2) is 18.2 Å². The fraction of sp³-hybridized carbons (Fsp3) is 0.533. The van der Waals surface area contributed by atoms with E-state index in [1.165, 1.54) is 19.3 Å². The summed E-state index contributed by atoms with van der Waals surface area (Å²) in [6.07, 6.45) is 4.02. The Morgan fingerprint density at radius 1 is 1.42 bits per heavy atom. The molecule has 2 unspecified atom stereocenters. The maximum Gasteiger partial charge on any atom is 0.178 e. The minimum atomic E-state index is 0.747. The lowest BCUT2D eigenvalue weighted by atomic mass is 9.98. The summed E-state index contributed by atoms with van der Waals surface area (Å²) < 4.78 is 8.44. The van der Waals surface area contributed by atoms with Crippen molar-refractivity contribution in [3.05, 3.63) is 23.0 Å². The molecule has 102 valence electrons. The summed E-state index contributed by atoms with van der Waals surface area (Å²) in [6.45, 7) is 3.38. The molecular weight excluding hydrogens is 256 g/mol.